The molecule has 5 rings (SSSR count). The fourth-order valence-corrected chi connectivity index (χ4v) is 4.76. The average molecular weight is 524 g/mol. The van der Waals surface area contributed by atoms with E-state index in [4.69, 9.17) is 0 Å². The maximum Gasteiger partial charge on any atom is 0.227 e. The monoisotopic (exact) mass is 523 g/mol. The molecule has 7 nitrogen and oxygen atoms in total. The number of carbonyl (C=O) groups excluding carboxylic acids is 1. The first kappa shape index (κ1) is 26.6. The lowest BCUT2D eigenvalue weighted by Gasteiger charge is -2.34. The minimum Gasteiger partial charge on any atom is -0.324 e. The van der Waals surface area contributed by atoms with Crippen LogP contribution in [0.25, 0.3) is 11.3 Å². The molecule has 1 N–H and O–H groups in total. The Labute approximate surface area is 228 Å². The van der Waals surface area contributed by atoms with Crippen molar-refractivity contribution in [3.63, 3.8) is 0 Å². The Morgan fingerprint density at radius 1 is 0.949 bits per heavy atom. The van der Waals surface area contributed by atoms with Gasteiger partial charge in [-0.15, -0.1) is 0 Å². The molecule has 8 heteroatoms. The van der Waals surface area contributed by atoms with E-state index < -0.39 is 0 Å². The third-order valence-corrected chi connectivity index (χ3v) is 7.07. The van der Waals surface area contributed by atoms with Crippen molar-refractivity contribution < 1.29 is 9.18 Å². The summed E-state index contributed by atoms with van der Waals surface area (Å²) in [6.45, 7) is 6.76. The van der Waals surface area contributed by atoms with Crippen LogP contribution in [0.15, 0.2) is 79.3 Å². The first-order valence-electron chi connectivity index (χ1n) is 13.3. The number of alkyl halides is 1. The second kappa shape index (κ2) is 12.7. The standard InChI is InChI=1S/C31H33FN6O/c1-23-4-5-25(19-29(23)36-31-34-13-10-28(35-31)27-3-2-12-33-21-27)20-30(39)26-8-6-24(7-9-26)22-38-17-15-37(14-11-32)16-18-38/h2-10,12-13,19,21H,11,14-18,20,22H2,1H3,(H,34,35,36)/i32-1. The zero-order valence-corrected chi connectivity index (χ0v) is 22.2. The minimum atomic E-state index is -0.287. The van der Waals surface area contributed by atoms with E-state index in [0.717, 1.165) is 60.8 Å². The van der Waals surface area contributed by atoms with Crippen molar-refractivity contribution in [3.8, 4) is 11.3 Å². The highest BCUT2D eigenvalue weighted by Gasteiger charge is 2.17. The number of Topliss-reactive ketones (excluding diaryl/α,β-unsaturated/α-hetero) is 1. The van der Waals surface area contributed by atoms with Crippen molar-refractivity contribution in [1.82, 2.24) is 24.8 Å². The van der Waals surface area contributed by atoms with Gasteiger partial charge in [-0.25, -0.2) is 14.4 Å². The van der Waals surface area contributed by atoms with Crippen molar-refractivity contribution in [2.24, 2.45) is 0 Å². The summed E-state index contributed by atoms with van der Waals surface area (Å²) in [5.41, 5.74) is 6.41. The quantitative estimate of drug-likeness (QED) is 0.290. The van der Waals surface area contributed by atoms with E-state index in [-0.39, 0.29) is 12.5 Å². The summed E-state index contributed by atoms with van der Waals surface area (Å²) < 4.78 is 12.6. The van der Waals surface area contributed by atoms with E-state index in [0.29, 0.717) is 24.5 Å². The van der Waals surface area contributed by atoms with Crippen LogP contribution in [0.3, 0.4) is 0 Å². The number of aryl methyl sites for hydroxylation is 1. The Hall–Kier alpha value is -4.01. The van der Waals surface area contributed by atoms with Crippen molar-refractivity contribution in [2.75, 3.05) is 44.7 Å². The van der Waals surface area contributed by atoms with Crippen LogP contribution in [0.1, 0.15) is 27.0 Å². The third-order valence-electron chi connectivity index (χ3n) is 7.07. The molecule has 0 amide bonds. The molecular formula is C31H33FN6O. The number of ketones is 1. The zero-order chi connectivity index (χ0) is 27.0. The first-order valence-corrected chi connectivity index (χ1v) is 13.3. The van der Waals surface area contributed by atoms with Crippen LogP contribution in [-0.4, -0.2) is 69.9 Å². The summed E-state index contributed by atoms with van der Waals surface area (Å²) >= 11 is 0. The Morgan fingerprint density at radius 2 is 1.72 bits per heavy atom. The molecule has 1 aliphatic heterocycles. The fraction of sp³-hybridized carbons (Fsp3) is 0.290. The number of halogens is 1. The van der Waals surface area contributed by atoms with Gasteiger partial charge in [-0.3, -0.25) is 19.6 Å². The number of hydrogen-bond donors (Lipinski definition) is 1. The molecule has 200 valence electrons. The van der Waals surface area contributed by atoms with E-state index in [1.807, 2.05) is 67.6 Å². The van der Waals surface area contributed by atoms with Gasteiger partial charge in [0.05, 0.1) is 5.69 Å². The smallest absolute Gasteiger partial charge is 0.227 e. The molecule has 0 bridgehead atoms. The molecule has 0 atom stereocenters. The normalized spacial score (nSPS) is 14.3. The van der Waals surface area contributed by atoms with Crippen LogP contribution in [-0.2, 0) is 13.0 Å². The Bertz CT molecular complexity index is 1390. The molecule has 39 heavy (non-hydrogen) atoms. The molecular weight excluding hydrogens is 490 g/mol. The largest absolute Gasteiger partial charge is 0.324 e. The Balaban J connectivity index is 1.20. The van der Waals surface area contributed by atoms with Crippen molar-refractivity contribution >= 4 is 17.4 Å². The van der Waals surface area contributed by atoms with Crippen molar-refractivity contribution in [3.05, 3.63) is 102 Å². The predicted molar refractivity (Wildman–Crippen MR) is 152 cm³/mol. The number of nitrogens with zero attached hydrogens (tertiary/aromatic N) is 5. The van der Waals surface area contributed by atoms with Crippen molar-refractivity contribution in [1.29, 1.82) is 0 Å². The summed E-state index contributed by atoms with van der Waals surface area (Å²) in [5.74, 6) is 0.563. The van der Waals surface area contributed by atoms with Crippen LogP contribution >= 0.6 is 0 Å². The third kappa shape index (κ3) is 7.10. The average Bonchev–Trinajstić information content (AvgIpc) is 2.97. The lowest BCUT2D eigenvalue weighted by molar-refractivity contribution is 0.0993. The zero-order valence-electron chi connectivity index (χ0n) is 22.2. The van der Waals surface area contributed by atoms with Gasteiger partial charge in [0.15, 0.2) is 5.78 Å². The summed E-state index contributed by atoms with van der Waals surface area (Å²) in [5, 5.41) is 3.31. The van der Waals surface area contributed by atoms with Crippen LogP contribution in [0.2, 0.25) is 0 Å². The highest BCUT2D eigenvalue weighted by molar-refractivity contribution is 5.97. The van der Waals surface area contributed by atoms with Gasteiger partial charge in [0.1, 0.15) is 6.67 Å². The van der Waals surface area contributed by atoms with Gasteiger partial charge in [-0.1, -0.05) is 36.4 Å². The number of nitrogens with one attached hydrogen (secondary N) is 1. The van der Waals surface area contributed by atoms with Crippen LogP contribution in [0.4, 0.5) is 16.0 Å². The lowest BCUT2D eigenvalue weighted by atomic mass is 10.00. The molecule has 0 radical (unpaired) electrons. The van der Waals surface area contributed by atoms with Gasteiger partial charge < -0.3 is 5.32 Å². The highest BCUT2D eigenvalue weighted by atomic mass is 18.2. The second-order valence-corrected chi connectivity index (χ2v) is 9.89. The minimum absolute atomic E-state index is 0.0750. The van der Waals surface area contributed by atoms with E-state index in [1.54, 1.807) is 18.6 Å². The van der Waals surface area contributed by atoms with E-state index in [9.17, 15) is 9.18 Å². The number of rotatable bonds is 10. The Kier molecular flexibility index (Phi) is 8.65. The van der Waals surface area contributed by atoms with Crippen LogP contribution in [0.5, 0.6) is 0 Å². The van der Waals surface area contributed by atoms with Gasteiger partial charge in [0.25, 0.3) is 0 Å². The van der Waals surface area contributed by atoms with Crippen LogP contribution in [0, 0.1) is 6.92 Å². The number of pyridine rings is 1. The van der Waals surface area contributed by atoms with Crippen LogP contribution < -0.4 is 5.32 Å². The summed E-state index contributed by atoms with van der Waals surface area (Å²) in [6.07, 6.45) is 5.53. The maximum absolute atomic E-state index is 13.1. The van der Waals surface area contributed by atoms with Crippen molar-refractivity contribution in [2.45, 2.75) is 19.9 Å². The highest BCUT2D eigenvalue weighted by Crippen LogP contribution is 2.23. The summed E-state index contributed by atoms with van der Waals surface area (Å²) in [6, 6.07) is 19.6. The fourth-order valence-electron chi connectivity index (χ4n) is 4.76. The Morgan fingerprint density at radius 3 is 2.46 bits per heavy atom. The molecule has 3 heterocycles. The SMILES string of the molecule is Cc1ccc(CC(=O)c2ccc(CN3CCN(CC[18F])CC3)cc2)cc1Nc1nccc(-c2cccnc2)n1. The maximum atomic E-state index is 13.1. The summed E-state index contributed by atoms with van der Waals surface area (Å²) in [4.78, 5) is 30.8. The van der Waals surface area contributed by atoms with Gasteiger partial charge >= 0.3 is 0 Å². The molecule has 1 aliphatic rings. The molecule has 2 aromatic carbocycles. The second-order valence-electron chi connectivity index (χ2n) is 9.89. The number of benzene rings is 2. The lowest BCUT2D eigenvalue weighted by Crippen LogP contribution is -2.46. The van der Waals surface area contributed by atoms with Gasteiger partial charge in [-0.05, 0) is 47.9 Å². The predicted octanol–water partition coefficient (Wildman–Crippen LogP) is 5.10. The topological polar surface area (TPSA) is 74.2 Å². The molecule has 4 aromatic rings. The number of piperazine rings is 1. The van der Waals surface area contributed by atoms with Gasteiger partial charge in [0, 0.05) is 81.1 Å². The van der Waals surface area contributed by atoms with E-state index >= 15 is 0 Å². The number of hydrogen-bond acceptors (Lipinski definition) is 7. The van der Waals surface area contributed by atoms with Gasteiger partial charge in [0.2, 0.25) is 5.95 Å². The number of aromatic nitrogens is 3. The first-order chi connectivity index (χ1) is 19.1. The molecule has 0 spiro atoms. The molecule has 0 unspecified atom stereocenters. The molecule has 2 aromatic heterocycles. The number of carbonyl (C=O) groups is 1. The van der Waals surface area contributed by atoms with Gasteiger partial charge in [-0.2, -0.15) is 0 Å². The number of anilines is 2. The molecule has 1 fully saturated rings. The molecule has 1 saturated heterocycles. The molecule has 0 aliphatic carbocycles. The molecule has 0 saturated carbocycles. The van der Waals surface area contributed by atoms with E-state index in [1.165, 1.54) is 5.56 Å². The van der Waals surface area contributed by atoms with E-state index in [2.05, 4.69) is 30.1 Å². The summed E-state index contributed by atoms with van der Waals surface area (Å²) in [7, 11) is 0.